The number of rotatable bonds is 6. The minimum absolute atomic E-state index is 0.102. The van der Waals surface area contributed by atoms with Crippen molar-refractivity contribution in [1.82, 2.24) is 40.2 Å². The highest BCUT2D eigenvalue weighted by molar-refractivity contribution is 5.76. The van der Waals surface area contributed by atoms with Gasteiger partial charge in [0.2, 0.25) is 5.91 Å². The number of nitrogens with zero attached hydrogens (tertiary/aromatic N) is 6. The molecule has 130 valence electrons. The molecule has 0 bridgehead atoms. The molecule has 0 fully saturated rings. The lowest BCUT2D eigenvalue weighted by Crippen LogP contribution is -2.34. The van der Waals surface area contributed by atoms with Crippen LogP contribution in [0, 0.1) is 5.92 Å². The highest BCUT2D eigenvalue weighted by atomic mass is 16.2. The highest BCUT2D eigenvalue weighted by Crippen LogP contribution is 2.21. The van der Waals surface area contributed by atoms with Gasteiger partial charge < -0.3 is 15.2 Å². The molecule has 9 heteroatoms. The first kappa shape index (κ1) is 16.6. The zero-order valence-electron chi connectivity index (χ0n) is 14.1. The van der Waals surface area contributed by atoms with Crippen molar-refractivity contribution < 1.29 is 4.79 Å². The van der Waals surface area contributed by atoms with E-state index in [9.17, 15) is 4.79 Å². The van der Waals surface area contributed by atoms with Crippen molar-refractivity contribution in [1.29, 1.82) is 0 Å². The van der Waals surface area contributed by atoms with E-state index < -0.39 is 0 Å². The van der Waals surface area contributed by atoms with Gasteiger partial charge in [0.25, 0.3) is 0 Å². The summed E-state index contributed by atoms with van der Waals surface area (Å²) in [5.41, 5.74) is 0. The molecule has 1 amide bonds. The van der Waals surface area contributed by atoms with Crippen molar-refractivity contribution in [2.24, 2.45) is 5.92 Å². The molecule has 0 radical (unpaired) electrons. The van der Waals surface area contributed by atoms with Gasteiger partial charge in [0.05, 0.1) is 6.04 Å². The molecule has 24 heavy (non-hydrogen) atoms. The summed E-state index contributed by atoms with van der Waals surface area (Å²) in [6.07, 6.45) is 4.62. The van der Waals surface area contributed by atoms with Crippen molar-refractivity contribution in [3.63, 3.8) is 0 Å². The zero-order valence-corrected chi connectivity index (χ0v) is 14.1. The SMILES string of the molecule is CC(C)C[C@H](NC(=O)Cn1cncn1)c1nnc2n1CCNCC2. The van der Waals surface area contributed by atoms with Gasteiger partial charge in [-0.3, -0.25) is 4.79 Å². The Kier molecular flexibility index (Phi) is 5.19. The number of nitrogens with one attached hydrogen (secondary N) is 2. The van der Waals surface area contributed by atoms with Gasteiger partial charge >= 0.3 is 0 Å². The number of hydrogen-bond donors (Lipinski definition) is 2. The molecule has 0 aromatic carbocycles. The summed E-state index contributed by atoms with van der Waals surface area (Å²) in [6, 6.07) is -0.152. The number of amides is 1. The summed E-state index contributed by atoms with van der Waals surface area (Å²) in [5.74, 6) is 2.15. The smallest absolute Gasteiger partial charge is 0.242 e. The Labute approximate surface area is 140 Å². The molecule has 3 rings (SSSR count). The van der Waals surface area contributed by atoms with Gasteiger partial charge in [-0.2, -0.15) is 5.10 Å². The first-order valence-corrected chi connectivity index (χ1v) is 8.38. The lowest BCUT2D eigenvalue weighted by Gasteiger charge is -2.21. The van der Waals surface area contributed by atoms with Crippen molar-refractivity contribution in [3.8, 4) is 0 Å². The van der Waals surface area contributed by atoms with Crippen LogP contribution in [0.3, 0.4) is 0 Å². The Bertz CT molecular complexity index is 663. The highest BCUT2D eigenvalue weighted by Gasteiger charge is 2.24. The van der Waals surface area contributed by atoms with Crippen LogP contribution in [0.1, 0.15) is 38.0 Å². The van der Waals surface area contributed by atoms with Crippen LogP contribution in [0.4, 0.5) is 0 Å². The summed E-state index contributed by atoms with van der Waals surface area (Å²) in [5, 5.41) is 19.1. The van der Waals surface area contributed by atoms with Gasteiger partial charge in [-0.15, -0.1) is 10.2 Å². The first-order chi connectivity index (χ1) is 11.6. The lowest BCUT2D eigenvalue weighted by molar-refractivity contribution is -0.122. The molecule has 1 atom stereocenters. The van der Waals surface area contributed by atoms with Crippen LogP contribution in [0.2, 0.25) is 0 Å². The van der Waals surface area contributed by atoms with Crippen molar-refractivity contribution in [3.05, 3.63) is 24.3 Å². The molecule has 9 nitrogen and oxygen atoms in total. The maximum Gasteiger partial charge on any atom is 0.242 e. The number of hydrogen-bond acceptors (Lipinski definition) is 6. The summed E-state index contributed by atoms with van der Waals surface area (Å²) >= 11 is 0. The molecule has 2 aromatic rings. The molecule has 1 aliphatic heterocycles. The quantitative estimate of drug-likeness (QED) is 0.767. The second-order valence-electron chi connectivity index (χ2n) is 6.47. The molecule has 1 aliphatic rings. The van der Waals surface area contributed by atoms with E-state index in [1.165, 1.54) is 17.3 Å². The molecule has 2 aromatic heterocycles. The number of carbonyl (C=O) groups excluding carboxylic acids is 1. The van der Waals surface area contributed by atoms with Crippen molar-refractivity contribution in [2.45, 2.75) is 45.8 Å². The van der Waals surface area contributed by atoms with E-state index in [-0.39, 0.29) is 18.5 Å². The van der Waals surface area contributed by atoms with Gasteiger partial charge in [0.15, 0.2) is 5.82 Å². The Hall–Kier alpha value is -2.29. The number of aromatic nitrogens is 6. The standard InChI is InChI=1S/C15H24N8O/c1-11(2)7-12(19-14(24)8-22-10-17-9-18-22)15-21-20-13-3-4-16-5-6-23(13)15/h9-12,16H,3-8H2,1-2H3,(H,19,24)/t12-/m0/s1. The molecule has 0 spiro atoms. The third-order valence-electron chi connectivity index (χ3n) is 4.02. The second kappa shape index (κ2) is 7.52. The van der Waals surface area contributed by atoms with E-state index in [2.05, 4.69) is 49.3 Å². The lowest BCUT2D eigenvalue weighted by atomic mass is 10.0. The van der Waals surface area contributed by atoms with E-state index in [4.69, 9.17) is 0 Å². The molecule has 3 heterocycles. The monoisotopic (exact) mass is 332 g/mol. The van der Waals surface area contributed by atoms with Gasteiger partial charge in [0.1, 0.15) is 25.0 Å². The summed E-state index contributed by atoms with van der Waals surface area (Å²) in [6.45, 7) is 7.04. The van der Waals surface area contributed by atoms with E-state index in [1.54, 1.807) is 0 Å². The minimum Gasteiger partial charge on any atom is -0.344 e. The van der Waals surface area contributed by atoms with Gasteiger partial charge in [-0.05, 0) is 12.3 Å². The molecular formula is C15H24N8O. The molecule has 2 N–H and O–H groups in total. The third-order valence-corrected chi connectivity index (χ3v) is 4.02. The van der Waals surface area contributed by atoms with Crippen LogP contribution in [-0.4, -0.2) is 48.5 Å². The third kappa shape index (κ3) is 3.97. The average Bonchev–Trinajstić information content (AvgIpc) is 3.11. The largest absolute Gasteiger partial charge is 0.344 e. The Morgan fingerprint density at radius 1 is 1.38 bits per heavy atom. The predicted molar refractivity (Wildman–Crippen MR) is 87.0 cm³/mol. The van der Waals surface area contributed by atoms with E-state index in [0.29, 0.717) is 5.92 Å². The fraction of sp³-hybridized carbons (Fsp3) is 0.667. The maximum absolute atomic E-state index is 12.4. The Morgan fingerprint density at radius 2 is 2.25 bits per heavy atom. The van der Waals surface area contributed by atoms with Crippen molar-refractivity contribution in [2.75, 3.05) is 13.1 Å². The minimum atomic E-state index is -0.152. The first-order valence-electron chi connectivity index (χ1n) is 8.38. The van der Waals surface area contributed by atoms with Crippen LogP contribution in [0.5, 0.6) is 0 Å². The number of carbonyl (C=O) groups is 1. The van der Waals surface area contributed by atoms with E-state index >= 15 is 0 Å². The van der Waals surface area contributed by atoms with Crippen molar-refractivity contribution >= 4 is 5.91 Å². The van der Waals surface area contributed by atoms with Crippen LogP contribution in [-0.2, 0) is 24.3 Å². The normalized spacial score (nSPS) is 15.8. The van der Waals surface area contributed by atoms with Crippen LogP contribution >= 0.6 is 0 Å². The molecule has 0 unspecified atom stereocenters. The Balaban J connectivity index is 1.76. The average molecular weight is 332 g/mol. The van der Waals surface area contributed by atoms with E-state index in [0.717, 1.165) is 44.1 Å². The number of fused-ring (bicyclic) bond motifs is 1. The van der Waals surface area contributed by atoms with Gasteiger partial charge in [-0.25, -0.2) is 9.67 Å². The molecule has 0 saturated carbocycles. The summed E-state index contributed by atoms with van der Waals surface area (Å²) < 4.78 is 3.65. The molecule has 0 aliphatic carbocycles. The van der Waals surface area contributed by atoms with Gasteiger partial charge in [-0.1, -0.05) is 13.8 Å². The maximum atomic E-state index is 12.4. The van der Waals surface area contributed by atoms with E-state index in [1.807, 2.05) is 0 Å². The van der Waals surface area contributed by atoms with Crippen LogP contribution < -0.4 is 10.6 Å². The molecular weight excluding hydrogens is 308 g/mol. The predicted octanol–water partition coefficient (Wildman–Crippen LogP) is -0.0811. The Morgan fingerprint density at radius 3 is 3.00 bits per heavy atom. The fourth-order valence-electron chi connectivity index (χ4n) is 2.95. The summed E-state index contributed by atoms with van der Waals surface area (Å²) in [7, 11) is 0. The second-order valence-corrected chi connectivity index (χ2v) is 6.47. The fourth-order valence-corrected chi connectivity index (χ4v) is 2.95. The zero-order chi connectivity index (χ0) is 16.9. The molecule has 0 saturated heterocycles. The van der Waals surface area contributed by atoms with Crippen LogP contribution in [0.15, 0.2) is 12.7 Å². The van der Waals surface area contributed by atoms with Gasteiger partial charge in [0, 0.05) is 26.1 Å². The van der Waals surface area contributed by atoms with Crippen LogP contribution in [0.25, 0.3) is 0 Å². The summed E-state index contributed by atoms with van der Waals surface area (Å²) in [4.78, 5) is 16.2. The topological polar surface area (TPSA) is 103 Å².